The summed E-state index contributed by atoms with van der Waals surface area (Å²) in [4.78, 5) is 0. The van der Waals surface area contributed by atoms with E-state index in [9.17, 15) is 0 Å². The van der Waals surface area contributed by atoms with E-state index in [2.05, 4.69) is 38.2 Å². The van der Waals surface area contributed by atoms with Gasteiger partial charge in [-0.05, 0) is 58.2 Å². The first kappa shape index (κ1) is 14.0. The van der Waals surface area contributed by atoms with Crippen LogP contribution in [-0.4, -0.2) is 12.1 Å². The Morgan fingerprint density at radius 1 is 1.30 bits per heavy atom. The fourth-order valence-corrected chi connectivity index (χ4v) is 3.08. The van der Waals surface area contributed by atoms with Gasteiger partial charge in [0.05, 0.1) is 5.02 Å². The van der Waals surface area contributed by atoms with Crippen LogP contribution >= 0.6 is 11.6 Å². The molecule has 2 nitrogen and oxygen atoms in total. The van der Waals surface area contributed by atoms with Crippen LogP contribution in [0.15, 0.2) is 28.7 Å². The first-order chi connectivity index (χ1) is 9.44. The van der Waals surface area contributed by atoms with E-state index in [-0.39, 0.29) is 5.54 Å². The summed E-state index contributed by atoms with van der Waals surface area (Å²) < 4.78 is 6.01. The van der Waals surface area contributed by atoms with Crippen molar-refractivity contribution < 1.29 is 4.42 Å². The van der Waals surface area contributed by atoms with Gasteiger partial charge in [0.2, 0.25) is 0 Å². The van der Waals surface area contributed by atoms with E-state index in [1.54, 1.807) is 0 Å². The zero-order valence-electron chi connectivity index (χ0n) is 12.4. The molecule has 0 saturated heterocycles. The van der Waals surface area contributed by atoms with Crippen molar-refractivity contribution >= 4 is 22.6 Å². The molecule has 3 rings (SSSR count). The molecule has 1 N–H and O–H groups in total. The van der Waals surface area contributed by atoms with E-state index in [1.807, 2.05) is 12.1 Å². The number of furan rings is 1. The Kier molecular flexibility index (Phi) is 3.55. The van der Waals surface area contributed by atoms with Crippen molar-refractivity contribution in [2.75, 3.05) is 6.54 Å². The van der Waals surface area contributed by atoms with Crippen molar-refractivity contribution in [1.29, 1.82) is 0 Å². The van der Waals surface area contributed by atoms with Crippen LogP contribution in [0.1, 0.15) is 45.3 Å². The third-order valence-corrected chi connectivity index (χ3v) is 4.49. The van der Waals surface area contributed by atoms with Gasteiger partial charge in [-0.25, -0.2) is 0 Å². The standard InChI is InChI=1S/C17H22ClNO/c1-17(2,3)19-10-12-7-8-13(12)15-9-11-5-4-6-14(18)16(11)20-15/h4-6,9,12-13,19H,7-8,10H2,1-3H3. The van der Waals surface area contributed by atoms with Crippen molar-refractivity contribution in [1.82, 2.24) is 5.32 Å². The highest BCUT2D eigenvalue weighted by Gasteiger charge is 2.35. The lowest BCUT2D eigenvalue weighted by Crippen LogP contribution is -2.42. The third-order valence-electron chi connectivity index (χ3n) is 4.19. The van der Waals surface area contributed by atoms with E-state index in [0.717, 1.165) is 23.3 Å². The number of para-hydroxylation sites is 1. The van der Waals surface area contributed by atoms with Gasteiger partial charge in [0, 0.05) is 16.8 Å². The van der Waals surface area contributed by atoms with Gasteiger partial charge in [0.15, 0.2) is 5.58 Å². The molecular weight excluding hydrogens is 270 g/mol. The first-order valence-corrected chi connectivity index (χ1v) is 7.75. The Hall–Kier alpha value is -0.990. The van der Waals surface area contributed by atoms with Crippen molar-refractivity contribution in [2.45, 2.75) is 45.1 Å². The number of rotatable bonds is 3. The van der Waals surface area contributed by atoms with Crippen LogP contribution in [0.5, 0.6) is 0 Å². The molecule has 0 radical (unpaired) electrons. The molecule has 1 aliphatic rings. The smallest absolute Gasteiger partial charge is 0.152 e. The molecule has 0 amide bonds. The Morgan fingerprint density at radius 2 is 2.10 bits per heavy atom. The highest BCUT2D eigenvalue weighted by molar-refractivity contribution is 6.34. The number of hydrogen-bond acceptors (Lipinski definition) is 2. The van der Waals surface area contributed by atoms with Crippen molar-refractivity contribution in [2.24, 2.45) is 5.92 Å². The normalized spacial score (nSPS) is 23.0. The molecule has 0 bridgehead atoms. The average Bonchev–Trinajstić information content (AvgIpc) is 2.70. The molecule has 1 saturated carbocycles. The van der Waals surface area contributed by atoms with Gasteiger partial charge in [0.1, 0.15) is 5.76 Å². The molecule has 1 aromatic carbocycles. The minimum absolute atomic E-state index is 0.178. The Bertz CT molecular complexity index is 611. The minimum atomic E-state index is 0.178. The maximum atomic E-state index is 6.19. The number of benzene rings is 1. The van der Waals surface area contributed by atoms with Gasteiger partial charge >= 0.3 is 0 Å². The number of halogens is 1. The highest BCUT2D eigenvalue weighted by Crippen LogP contribution is 2.44. The SMILES string of the molecule is CC(C)(C)NCC1CCC1c1cc2cccc(Cl)c2o1. The van der Waals surface area contributed by atoms with Gasteiger partial charge in [-0.15, -0.1) is 0 Å². The Labute approximate surface area is 125 Å². The lowest BCUT2D eigenvalue weighted by Gasteiger charge is -2.37. The summed E-state index contributed by atoms with van der Waals surface area (Å²) >= 11 is 6.19. The van der Waals surface area contributed by atoms with Crippen LogP contribution < -0.4 is 5.32 Å². The first-order valence-electron chi connectivity index (χ1n) is 7.37. The molecule has 1 aliphatic carbocycles. The lowest BCUT2D eigenvalue weighted by molar-refractivity contribution is 0.203. The Balaban J connectivity index is 1.76. The molecule has 1 aromatic heterocycles. The van der Waals surface area contributed by atoms with Crippen LogP contribution in [0.25, 0.3) is 11.0 Å². The summed E-state index contributed by atoms with van der Waals surface area (Å²) in [7, 11) is 0. The molecule has 1 fully saturated rings. The second-order valence-electron chi connectivity index (χ2n) is 6.88. The summed E-state index contributed by atoms with van der Waals surface area (Å²) in [5.41, 5.74) is 1.01. The summed E-state index contributed by atoms with van der Waals surface area (Å²) in [6, 6.07) is 8.09. The van der Waals surface area contributed by atoms with Gasteiger partial charge in [-0.3, -0.25) is 0 Å². The second-order valence-corrected chi connectivity index (χ2v) is 7.29. The van der Waals surface area contributed by atoms with E-state index in [4.69, 9.17) is 16.0 Å². The van der Waals surface area contributed by atoms with E-state index in [0.29, 0.717) is 16.9 Å². The van der Waals surface area contributed by atoms with Crippen LogP contribution in [0.4, 0.5) is 0 Å². The average molecular weight is 292 g/mol. The Morgan fingerprint density at radius 3 is 2.70 bits per heavy atom. The second kappa shape index (κ2) is 5.09. The molecule has 3 heteroatoms. The predicted molar refractivity (Wildman–Crippen MR) is 84.4 cm³/mol. The van der Waals surface area contributed by atoms with Gasteiger partial charge in [-0.2, -0.15) is 0 Å². The van der Waals surface area contributed by atoms with Crippen LogP contribution in [0.3, 0.4) is 0 Å². The predicted octanol–water partition coefficient (Wildman–Crippen LogP) is 4.97. The molecule has 1 heterocycles. The zero-order chi connectivity index (χ0) is 14.3. The molecular formula is C17H22ClNO. The van der Waals surface area contributed by atoms with Crippen LogP contribution in [0, 0.1) is 5.92 Å². The molecule has 2 unspecified atom stereocenters. The maximum absolute atomic E-state index is 6.19. The highest BCUT2D eigenvalue weighted by atomic mass is 35.5. The van der Waals surface area contributed by atoms with Crippen molar-refractivity contribution in [3.05, 3.63) is 35.0 Å². The van der Waals surface area contributed by atoms with Crippen LogP contribution in [-0.2, 0) is 0 Å². The fraction of sp³-hybridized carbons (Fsp3) is 0.529. The number of nitrogens with one attached hydrogen (secondary N) is 1. The lowest BCUT2D eigenvalue weighted by atomic mass is 9.72. The topological polar surface area (TPSA) is 25.2 Å². The summed E-state index contributed by atoms with van der Waals surface area (Å²) in [5, 5.41) is 5.42. The quantitative estimate of drug-likeness (QED) is 0.864. The molecule has 108 valence electrons. The third kappa shape index (κ3) is 2.72. The van der Waals surface area contributed by atoms with Gasteiger partial charge in [-0.1, -0.05) is 23.7 Å². The van der Waals surface area contributed by atoms with E-state index >= 15 is 0 Å². The summed E-state index contributed by atoms with van der Waals surface area (Å²) in [6.45, 7) is 7.68. The van der Waals surface area contributed by atoms with Crippen LogP contribution in [0.2, 0.25) is 5.02 Å². The largest absolute Gasteiger partial charge is 0.459 e. The van der Waals surface area contributed by atoms with Crippen molar-refractivity contribution in [3.63, 3.8) is 0 Å². The fourth-order valence-electron chi connectivity index (χ4n) is 2.86. The van der Waals surface area contributed by atoms with Gasteiger partial charge < -0.3 is 9.73 Å². The van der Waals surface area contributed by atoms with Crippen molar-refractivity contribution in [3.8, 4) is 0 Å². The summed E-state index contributed by atoms with van der Waals surface area (Å²) in [6.07, 6.45) is 2.49. The monoisotopic (exact) mass is 291 g/mol. The number of hydrogen-bond donors (Lipinski definition) is 1. The summed E-state index contributed by atoms with van der Waals surface area (Å²) in [5.74, 6) is 2.31. The molecule has 20 heavy (non-hydrogen) atoms. The molecule has 0 spiro atoms. The number of fused-ring (bicyclic) bond motifs is 1. The maximum Gasteiger partial charge on any atom is 0.152 e. The molecule has 2 atom stereocenters. The molecule has 2 aromatic rings. The van der Waals surface area contributed by atoms with E-state index < -0.39 is 0 Å². The minimum Gasteiger partial charge on any atom is -0.459 e. The zero-order valence-corrected chi connectivity index (χ0v) is 13.1. The molecule has 0 aliphatic heterocycles. The van der Waals surface area contributed by atoms with Gasteiger partial charge in [0.25, 0.3) is 0 Å². The van der Waals surface area contributed by atoms with E-state index in [1.165, 1.54) is 12.8 Å².